The van der Waals surface area contributed by atoms with E-state index in [9.17, 15) is 4.79 Å². The Bertz CT molecular complexity index is 608. The van der Waals surface area contributed by atoms with Crippen molar-refractivity contribution < 1.29 is 14.3 Å². The first kappa shape index (κ1) is 13.1. The van der Waals surface area contributed by atoms with Gasteiger partial charge in [-0.15, -0.1) is 0 Å². The Hall–Kier alpha value is -2.36. The van der Waals surface area contributed by atoms with Crippen molar-refractivity contribution in [2.24, 2.45) is 0 Å². The number of carbonyl (C=O) groups is 1. The van der Waals surface area contributed by atoms with Gasteiger partial charge < -0.3 is 9.47 Å². The molecule has 0 spiro atoms. The van der Waals surface area contributed by atoms with Crippen molar-refractivity contribution in [1.82, 2.24) is 4.98 Å². The van der Waals surface area contributed by atoms with Crippen LogP contribution >= 0.6 is 0 Å². The number of benzene rings is 1. The second-order valence-corrected chi connectivity index (χ2v) is 4.06. The Kier molecular flexibility index (Phi) is 3.80. The van der Waals surface area contributed by atoms with Gasteiger partial charge >= 0.3 is 0 Å². The van der Waals surface area contributed by atoms with Crippen molar-refractivity contribution >= 4 is 5.78 Å². The normalized spacial score (nSPS) is 10.1. The zero-order chi connectivity index (χ0) is 13.8. The van der Waals surface area contributed by atoms with E-state index in [0.29, 0.717) is 22.8 Å². The summed E-state index contributed by atoms with van der Waals surface area (Å²) in [5.41, 5.74) is 1.70. The van der Waals surface area contributed by atoms with Gasteiger partial charge in [0.1, 0.15) is 17.2 Å². The first-order valence-corrected chi connectivity index (χ1v) is 5.85. The van der Waals surface area contributed by atoms with E-state index in [1.807, 2.05) is 13.0 Å². The molecule has 0 saturated carbocycles. The van der Waals surface area contributed by atoms with Crippen LogP contribution in [0.5, 0.6) is 11.5 Å². The minimum atomic E-state index is -0.172. The smallest absolute Gasteiger partial charge is 0.215 e. The van der Waals surface area contributed by atoms with Crippen LogP contribution in [0, 0.1) is 6.92 Å². The fraction of sp³-hybridized carbons (Fsp3) is 0.200. The predicted octanol–water partition coefficient (Wildman–Crippen LogP) is 2.64. The summed E-state index contributed by atoms with van der Waals surface area (Å²) in [4.78, 5) is 16.7. The van der Waals surface area contributed by atoms with Crippen LogP contribution in [0.15, 0.2) is 36.5 Å². The quantitative estimate of drug-likeness (QED) is 0.790. The van der Waals surface area contributed by atoms with E-state index in [4.69, 9.17) is 9.47 Å². The molecule has 0 N–H and O–H groups in total. The van der Waals surface area contributed by atoms with Gasteiger partial charge in [0.25, 0.3) is 0 Å². The number of methoxy groups -OCH3 is 2. The third kappa shape index (κ3) is 2.57. The lowest BCUT2D eigenvalue weighted by Gasteiger charge is -2.10. The molecule has 0 atom stereocenters. The molecule has 2 aromatic rings. The van der Waals surface area contributed by atoms with E-state index in [0.717, 1.165) is 5.56 Å². The summed E-state index contributed by atoms with van der Waals surface area (Å²) in [5.74, 6) is 0.947. The number of ketones is 1. The number of pyridine rings is 1. The van der Waals surface area contributed by atoms with Crippen LogP contribution in [-0.2, 0) is 0 Å². The van der Waals surface area contributed by atoms with E-state index in [1.165, 1.54) is 7.11 Å². The highest BCUT2D eigenvalue weighted by Gasteiger charge is 2.18. The average Bonchev–Trinajstić information content (AvgIpc) is 2.46. The molecule has 1 aromatic heterocycles. The highest BCUT2D eigenvalue weighted by atomic mass is 16.5. The number of ether oxygens (including phenoxy) is 2. The standard InChI is InChI=1S/C15H15NO3/c1-10-5-4-8-16-14(10)15(17)12-9-11(18-2)6-7-13(12)19-3/h4-9H,1-3H3. The van der Waals surface area contributed by atoms with Crippen molar-refractivity contribution in [3.63, 3.8) is 0 Å². The van der Waals surface area contributed by atoms with E-state index >= 15 is 0 Å². The average molecular weight is 257 g/mol. The van der Waals surface area contributed by atoms with Crippen LogP contribution < -0.4 is 9.47 Å². The fourth-order valence-electron chi connectivity index (χ4n) is 1.84. The van der Waals surface area contributed by atoms with Crippen molar-refractivity contribution in [1.29, 1.82) is 0 Å². The van der Waals surface area contributed by atoms with Gasteiger partial charge in [0.15, 0.2) is 0 Å². The predicted molar refractivity (Wildman–Crippen MR) is 72.0 cm³/mol. The molecule has 0 bridgehead atoms. The molecular weight excluding hydrogens is 242 g/mol. The zero-order valence-electron chi connectivity index (χ0n) is 11.1. The summed E-state index contributed by atoms with van der Waals surface area (Å²) < 4.78 is 10.4. The third-order valence-corrected chi connectivity index (χ3v) is 2.88. The maximum atomic E-state index is 12.5. The van der Waals surface area contributed by atoms with Gasteiger partial charge in [-0.3, -0.25) is 9.78 Å². The first-order valence-electron chi connectivity index (χ1n) is 5.85. The molecule has 0 aliphatic rings. The number of rotatable bonds is 4. The molecular formula is C15H15NO3. The van der Waals surface area contributed by atoms with Crippen LogP contribution in [0.1, 0.15) is 21.6 Å². The highest BCUT2D eigenvalue weighted by molar-refractivity contribution is 6.10. The molecule has 4 heteroatoms. The van der Waals surface area contributed by atoms with Crippen molar-refractivity contribution in [3.05, 3.63) is 53.3 Å². The monoisotopic (exact) mass is 257 g/mol. The molecule has 0 amide bonds. The van der Waals surface area contributed by atoms with Crippen LogP contribution in [0.4, 0.5) is 0 Å². The molecule has 4 nitrogen and oxygen atoms in total. The molecule has 0 radical (unpaired) electrons. The van der Waals surface area contributed by atoms with Crippen LogP contribution in [-0.4, -0.2) is 25.0 Å². The summed E-state index contributed by atoms with van der Waals surface area (Å²) in [5, 5.41) is 0. The van der Waals surface area contributed by atoms with Crippen molar-refractivity contribution in [3.8, 4) is 11.5 Å². The Balaban J connectivity index is 2.51. The minimum Gasteiger partial charge on any atom is -0.497 e. The zero-order valence-corrected chi connectivity index (χ0v) is 11.1. The van der Waals surface area contributed by atoms with Gasteiger partial charge in [-0.25, -0.2) is 0 Å². The van der Waals surface area contributed by atoms with Gasteiger partial charge in [0.2, 0.25) is 5.78 Å². The highest BCUT2D eigenvalue weighted by Crippen LogP contribution is 2.26. The first-order chi connectivity index (χ1) is 9.17. The number of aromatic nitrogens is 1. The molecule has 1 heterocycles. The summed E-state index contributed by atoms with van der Waals surface area (Å²) in [6.07, 6.45) is 1.60. The van der Waals surface area contributed by atoms with Gasteiger partial charge in [-0.2, -0.15) is 0 Å². The SMILES string of the molecule is COc1ccc(OC)c(C(=O)c2ncccc2C)c1. The fourth-order valence-corrected chi connectivity index (χ4v) is 1.84. The Labute approximate surface area is 112 Å². The Morgan fingerprint density at radius 2 is 1.95 bits per heavy atom. The van der Waals surface area contributed by atoms with E-state index in [2.05, 4.69) is 4.98 Å². The lowest BCUT2D eigenvalue weighted by Crippen LogP contribution is -2.08. The van der Waals surface area contributed by atoms with Crippen LogP contribution in [0.25, 0.3) is 0 Å². The summed E-state index contributed by atoms with van der Waals surface area (Å²) in [6.45, 7) is 1.85. The molecule has 0 fully saturated rings. The molecule has 2 rings (SSSR count). The molecule has 19 heavy (non-hydrogen) atoms. The van der Waals surface area contributed by atoms with E-state index in [-0.39, 0.29) is 5.78 Å². The topological polar surface area (TPSA) is 48.4 Å². The maximum Gasteiger partial charge on any atom is 0.215 e. The summed E-state index contributed by atoms with van der Waals surface area (Å²) >= 11 is 0. The minimum absolute atomic E-state index is 0.172. The van der Waals surface area contributed by atoms with Gasteiger partial charge in [-0.05, 0) is 36.8 Å². The Morgan fingerprint density at radius 3 is 2.58 bits per heavy atom. The number of aryl methyl sites for hydroxylation is 1. The third-order valence-electron chi connectivity index (χ3n) is 2.88. The van der Waals surface area contributed by atoms with Gasteiger partial charge in [-0.1, -0.05) is 6.07 Å². The molecule has 0 unspecified atom stereocenters. The van der Waals surface area contributed by atoms with Gasteiger partial charge in [0.05, 0.1) is 19.8 Å². The molecule has 0 aliphatic carbocycles. The largest absolute Gasteiger partial charge is 0.497 e. The van der Waals surface area contributed by atoms with Gasteiger partial charge in [0, 0.05) is 6.20 Å². The molecule has 98 valence electrons. The second kappa shape index (κ2) is 5.52. The summed E-state index contributed by atoms with van der Waals surface area (Å²) in [6, 6.07) is 8.78. The number of nitrogens with zero attached hydrogens (tertiary/aromatic N) is 1. The van der Waals surface area contributed by atoms with Crippen molar-refractivity contribution in [2.75, 3.05) is 14.2 Å². The van der Waals surface area contributed by atoms with Crippen molar-refractivity contribution in [2.45, 2.75) is 6.92 Å². The number of carbonyl (C=O) groups excluding carboxylic acids is 1. The maximum absolute atomic E-state index is 12.5. The lowest BCUT2D eigenvalue weighted by atomic mass is 10.0. The Morgan fingerprint density at radius 1 is 1.16 bits per heavy atom. The molecule has 1 aromatic carbocycles. The van der Waals surface area contributed by atoms with Crippen LogP contribution in [0.2, 0.25) is 0 Å². The molecule has 0 aliphatic heterocycles. The van der Waals surface area contributed by atoms with E-state index < -0.39 is 0 Å². The number of hydrogen-bond acceptors (Lipinski definition) is 4. The van der Waals surface area contributed by atoms with E-state index in [1.54, 1.807) is 37.6 Å². The lowest BCUT2D eigenvalue weighted by molar-refractivity contribution is 0.103. The second-order valence-electron chi connectivity index (χ2n) is 4.06. The number of hydrogen-bond donors (Lipinski definition) is 0. The summed E-state index contributed by atoms with van der Waals surface area (Å²) in [7, 11) is 3.09. The van der Waals surface area contributed by atoms with Crippen LogP contribution in [0.3, 0.4) is 0 Å². The molecule has 0 saturated heterocycles.